The molecule has 1 nitrogen and oxygen atoms in total. The first-order chi connectivity index (χ1) is 3.41. The Bertz CT molecular complexity index is 79.8. The SMILES string of the molecule is COCCC#CBr. The molecular weight excluding hydrogens is 156 g/mol. The third-order valence-electron chi connectivity index (χ3n) is 0.498. The summed E-state index contributed by atoms with van der Waals surface area (Å²) in [6.07, 6.45) is 0.807. The van der Waals surface area contributed by atoms with Gasteiger partial charge in [0.2, 0.25) is 0 Å². The van der Waals surface area contributed by atoms with Crippen LogP contribution in [0.25, 0.3) is 0 Å². The summed E-state index contributed by atoms with van der Waals surface area (Å²) in [5.41, 5.74) is 0. The van der Waals surface area contributed by atoms with Gasteiger partial charge in [-0.15, -0.1) is 0 Å². The zero-order valence-corrected chi connectivity index (χ0v) is 5.79. The molecule has 0 amide bonds. The maximum atomic E-state index is 4.72. The Hall–Kier alpha value is 0. The lowest BCUT2D eigenvalue weighted by Crippen LogP contribution is -1.82. The predicted octanol–water partition coefficient (Wildman–Crippen LogP) is 1.38. The van der Waals surface area contributed by atoms with Gasteiger partial charge < -0.3 is 4.74 Å². The van der Waals surface area contributed by atoms with E-state index in [4.69, 9.17) is 4.74 Å². The first-order valence-corrected chi connectivity index (χ1v) is 2.78. The molecule has 0 N–H and O–H groups in total. The van der Waals surface area contributed by atoms with Crippen molar-refractivity contribution in [2.75, 3.05) is 13.7 Å². The Labute approximate surface area is 52.2 Å². The molecule has 0 saturated carbocycles. The van der Waals surface area contributed by atoms with E-state index in [1.54, 1.807) is 7.11 Å². The molecule has 0 heterocycles. The van der Waals surface area contributed by atoms with Crippen LogP contribution in [0.4, 0.5) is 0 Å². The molecule has 0 radical (unpaired) electrons. The Balaban J connectivity index is 2.78. The van der Waals surface area contributed by atoms with Crippen LogP contribution in [0.1, 0.15) is 6.42 Å². The van der Waals surface area contributed by atoms with Gasteiger partial charge in [0.05, 0.1) is 6.61 Å². The van der Waals surface area contributed by atoms with Gasteiger partial charge in [-0.25, -0.2) is 0 Å². The quantitative estimate of drug-likeness (QED) is 0.441. The summed E-state index contributed by atoms with van der Waals surface area (Å²) >= 11 is 2.96. The zero-order valence-electron chi connectivity index (χ0n) is 4.20. The van der Waals surface area contributed by atoms with E-state index in [-0.39, 0.29) is 0 Å². The molecule has 0 aliphatic heterocycles. The average molecular weight is 163 g/mol. The Morgan fingerprint density at radius 3 is 2.86 bits per heavy atom. The summed E-state index contributed by atoms with van der Waals surface area (Å²) in [6, 6.07) is 0. The van der Waals surface area contributed by atoms with Gasteiger partial charge in [-0.1, -0.05) is 5.92 Å². The molecule has 0 rings (SSSR count). The van der Waals surface area contributed by atoms with E-state index in [1.807, 2.05) is 0 Å². The molecule has 0 atom stereocenters. The van der Waals surface area contributed by atoms with Gasteiger partial charge in [0, 0.05) is 29.5 Å². The highest BCUT2D eigenvalue weighted by Gasteiger charge is 1.71. The van der Waals surface area contributed by atoms with E-state index in [1.165, 1.54) is 0 Å². The summed E-state index contributed by atoms with van der Waals surface area (Å²) in [5, 5.41) is 0. The Kier molecular flexibility index (Phi) is 6.00. The normalized spacial score (nSPS) is 7.14. The van der Waals surface area contributed by atoms with Crippen LogP contribution >= 0.6 is 15.9 Å². The lowest BCUT2D eigenvalue weighted by atomic mass is 10.5. The highest BCUT2D eigenvalue weighted by atomic mass is 79.9. The van der Waals surface area contributed by atoms with Crippen LogP contribution in [0, 0.1) is 10.8 Å². The maximum Gasteiger partial charge on any atom is 0.0572 e. The van der Waals surface area contributed by atoms with E-state index in [0.717, 1.165) is 13.0 Å². The lowest BCUT2D eigenvalue weighted by molar-refractivity contribution is 0.206. The molecule has 0 aromatic carbocycles. The van der Waals surface area contributed by atoms with Gasteiger partial charge in [-0.05, 0) is 4.83 Å². The smallest absolute Gasteiger partial charge is 0.0572 e. The number of ether oxygens (including phenoxy) is 1. The summed E-state index contributed by atoms with van der Waals surface area (Å²) in [7, 11) is 1.66. The first kappa shape index (κ1) is 7.00. The van der Waals surface area contributed by atoms with Gasteiger partial charge in [0.15, 0.2) is 0 Å². The van der Waals surface area contributed by atoms with Crippen molar-refractivity contribution in [3.63, 3.8) is 0 Å². The molecule has 0 bridgehead atoms. The van der Waals surface area contributed by atoms with Gasteiger partial charge in [0.1, 0.15) is 0 Å². The minimum atomic E-state index is 0.721. The molecule has 2 heteroatoms. The molecule has 0 aromatic heterocycles. The molecule has 0 aliphatic rings. The highest BCUT2D eigenvalue weighted by molar-refractivity contribution is 9.12. The minimum Gasteiger partial charge on any atom is -0.384 e. The molecule has 0 saturated heterocycles. The number of hydrogen-bond donors (Lipinski definition) is 0. The molecule has 7 heavy (non-hydrogen) atoms. The third-order valence-corrected chi connectivity index (χ3v) is 0.778. The molecule has 40 valence electrons. The highest BCUT2D eigenvalue weighted by Crippen LogP contribution is 1.77. The van der Waals surface area contributed by atoms with Gasteiger partial charge in [-0.3, -0.25) is 0 Å². The Morgan fingerprint density at radius 1 is 1.71 bits per heavy atom. The average Bonchev–Trinajstić information content (AvgIpc) is 1.69. The van der Waals surface area contributed by atoms with Gasteiger partial charge >= 0.3 is 0 Å². The van der Waals surface area contributed by atoms with Crippen molar-refractivity contribution in [3.8, 4) is 10.8 Å². The molecule has 0 spiro atoms. The molecular formula is C5H7BrO. The molecule has 0 aromatic rings. The van der Waals surface area contributed by atoms with Crippen molar-refractivity contribution >= 4 is 15.9 Å². The topological polar surface area (TPSA) is 9.23 Å². The predicted molar refractivity (Wildman–Crippen MR) is 33.2 cm³/mol. The number of rotatable bonds is 2. The van der Waals surface area contributed by atoms with E-state index >= 15 is 0 Å². The minimum absolute atomic E-state index is 0.721. The number of halogens is 1. The standard InChI is InChI=1S/C5H7BrO/c1-7-5-3-2-4-6/h3,5H2,1H3. The van der Waals surface area contributed by atoms with Crippen molar-refractivity contribution in [1.82, 2.24) is 0 Å². The third kappa shape index (κ3) is 6.00. The fourth-order valence-electron chi connectivity index (χ4n) is 0.200. The van der Waals surface area contributed by atoms with Crippen LogP contribution in [-0.4, -0.2) is 13.7 Å². The zero-order chi connectivity index (χ0) is 5.54. The second kappa shape index (κ2) is 6.00. The van der Waals surface area contributed by atoms with Crippen molar-refractivity contribution in [2.24, 2.45) is 0 Å². The monoisotopic (exact) mass is 162 g/mol. The van der Waals surface area contributed by atoms with E-state index in [0.29, 0.717) is 0 Å². The Morgan fingerprint density at radius 2 is 2.43 bits per heavy atom. The molecule has 0 unspecified atom stereocenters. The van der Waals surface area contributed by atoms with Crippen LogP contribution in [0.2, 0.25) is 0 Å². The van der Waals surface area contributed by atoms with Crippen LogP contribution in [0.5, 0.6) is 0 Å². The first-order valence-electron chi connectivity index (χ1n) is 1.99. The fourth-order valence-corrected chi connectivity index (χ4v) is 0.399. The van der Waals surface area contributed by atoms with Crippen molar-refractivity contribution < 1.29 is 4.74 Å². The van der Waals surface area contributed by atoms with Crippen molar-refractivity contribution in [3.05, 3.63) is 0 Å². The summed E-state index contributed by atoms with van der Waals surface area (Å²) < 4.78 is 4.72. The van der Waals surface area contributed by atoms with Crippen molar-refractivity contribution in [1.29, 1.82) is 0 Å². The van der Waals surface area contributed by atoms with Crippen LogP contribution in [0.15, 0.2) is 0 Å². The molecule has 0 aliphatic carbocycles. The number of hydrogen-bond acceptors (Lipinski definition) is 1. The summed E-state index contributed by atoms with van der Waals surface area (Å²) in [6.45, 7) is 0.721. The summed E-state index contributed by atoms with van der Waals surface area (Å²) in [5.74, 6) is 2.79. The van der Waals surface area contributed by atoms with E-state index in [9.17, 15) is 0 Å². The van der Waals surface area contributed by atoms with E-state index in [2.05, 4.69) is 26.7 Å². The van der Waals surface area contributed by atoms with E-state index < -0.39 is 0 Å². The van der Waals surface area contributed by atoms with Gasteiger partial charge in [-0.2, -0.15) is 0 Å². The second-order valence-electron chi connectivity index (χ2n) is 1.01. The molecule has 0 fully saturated rings. The fraction of sp³-hybridized carbons (Fsp3) is 0.600. The van der Waals surface area contributed by atoms with Gasteiger partial charge in [0.25, 0.3) is 0 Å². The van der Waals surface area contributed by atoms with Crippen LogP contribution in [-0.2, 0) is 4.74 Å². The number of methoxy groups -OCH3 is 1. The maximum absolute atomic E-state index is 4.72. The summed E-state index contributed by atoms with van der Waals surface area (Å²) in [4.78, 5) is 2.58. The van der Waals surface area contributed by atoms with Crippen LogP contribution < -0.4 is 0 Å². The lowest BCUT2D eigenvalue weighted by Gasteiger charge is -1.84. The largest absolute Gasteiger partial charge is 0.384 e. The van der Waals surface area contributed by atoms with Crippen LogP contribution in [0.3, 0.4) is 0 Å². The van der Waals surface area contributed by atoms with Crippen molar-refractivity contribution in [2.45, 2.75) is 6.42 Å². The second-order valence-corrected chi connectivity index (χ2v) is 1.41.